The molecule has 0 saturated heterocycles. The number of aliphatic hydroxyl groups excluding tert-OH is 1. The lowest BCUT2D eigenvalue weighted by Crippen LogP contribution is -2.17. The second kappa shape index (κ2) is 6.82. The molecule has 3 nitrogen and oxygen atoms in total. The van der Waals surface area contributed by atoms with Gasteiger partial charge in [0.1, 0.15) is 11.5 Å². The molecule has 0 aliphatic heterocycles. The van der Waals surface area contributed by atoms with Gasteiger partial charge in [-0.25, -0.2) is 0 Å². The van der Waals surface area contributed by atoms with Gasteiger partial charge in [-0.2, -0.15) is 8.78 Å². The van der Waals surface area contributed by atoms with Gasteiger partial charge in [0.05, 0.1) is 6.61 Å². The number of benzene rings is 2. The van der Waals surface area contributed by atoms with Crippen LogP contribution < -0.4 is 9.47 Å². The minimum atomic E-state index is -4.89. The van der Waals surface area contributed by atoms with Crippen molar-refractivity contribution < 1.29 is 36.5 Å². The van der Waals surface area contributed by atoms with Crippen molar-refractivity contribution in [2.24, 2.45) is 0 Å². The van der Waals surface area contributed by atoms with Crippen molar-refractivity contribution in [2.75, 3.05) is 0 Å². The summed E-state index contributed by atoms with van der Waals surface area (Å²) in [6.45, 7) is -3.68. The predicted molar refractivity (Wildman–Crippen MR) is 71.1 cm³/mol. The number of rotatable bonds is 5. The topological polar surface area (TPSA) is 38.7 Å². The minimum absolute atomic E-state index is 0.0495. The molecule has 0 aliphatic rings. The van der Waals surface area contributed by atoms with Gasteiger partial charge in [0.15, 0.2) is 0 Å². The average Bonchev–Trinajstić information content (AvgIpc) is 2.45. The first-order chi connectivity index (χ1) is 10.8. The maximum atomic E-state index is 12.4. The normalized spacial score (nSPS) is 11.6. The molecule has 0 bridgehead atoms. The summed E-state index contributed by atoms with van der Waals surface area (Å²) in [5.41, 5.74) is 0.314. The van der Waals surface area contributed by atoms with Gasteiger partial charge in [-0.1, -0.05) is 30.3 Å². The zero-order valence-corrected chi connectivity index (χ0v) is 11.5. The first kappa shape index (κ1) is 17.0. The highest BCUT2D eigenvalue weighted by Gasteiger charge is 2.32. The van der Waals surface area contributed by atoms with Crippen LogP contribution in [-0.2, 0) is 6.61 Å². The Morgan fingerprint density at radius 2 is 1.70 bits per heavy atom. The number of alkyl halides is 5. The van der Waals surface area contributed by atoms with Crippen LogP contribution in [0.1, 0.15) is 5.56 Å². The Morgan fingerprint density at radius 3 is 2.30 bits per heavy atom. The third kappa shape index (κ3) is 4.56. The van der Waals surface area contributed by atoms with Gasteiger partial charge < -0.3 is 14.6 Å². The monoisotopic (exact) mass is 334 g/mol. The predicted octanol–water partition coefficient (Wildman–Crippen LogP) is 4.35. The van der Waals surface area contributed by atoms with Crippen molar-refractivity contribution >= 4 is 0 Å². The van der Waals surface area contributed by atoms with Crippen molar-refractivity contribution in [2.45, 2.75) is 19.6 Å². The maximum Gasteiger partial charge on any atom is 0.573 e. The van der Waals surface area contributed by atoms with Crippen LogP contribution in [0, 0.1) is 0 Å². The lowest BCUT2D eigenvalue weighted by atomic mass is 10.0. The summed E-state index contributed by atoms with van der Waals surface area (Å²) in [5, 5.41) is 9.10. The van der Waals surface area contributed by atoms with Crippen LogP contribution in [0.25, 0.3) is 11.1 Å². The summed E-state index contributed by atoms with van der Waals surface area (Å²) in [6, 6.07) is 9.07. The molecule has 0 heterocycles. The van der Waals surface area contributed by atoms with E-state index in [0.29, 0.717) is 0 Å². The van der Waals surface area contributed by atoms with Crippen LogP contribution in [0.4, 0.5) is 22.0 Å². The number of hydrogen-bond acceptors (Lipinski definition) is 3. The van der Waals surface area contributed by atoms with Crippen molar-refractivity contribution in [3.63, 3.8) is 0 Å². The molecular formula is C15H11F5O3. The molecule has 23 heavy (non-hydrogen) atoms. The molecule has 1 N–H and O–H groups in total. The van der Waals surface area contributed by atoms with Crippen LogP contribution in [0.5, 0.6) is 11.5 Å². The molecule has 0 amide bonds. The Bertz CT molecular complexity index is 670. The first-order valence-electron chi connectivity index (χ1n) is 6.34. The highest BCUT2D eigenvalue weighted by Crippen LogP contribution is 2.36. The van der Waals surface area contributed by atoms with E-state index in [1.807, 2.05) is 0 Å². The number of hydrogen-bond donors (Lipinski definition) is 1. The molecule has 0 unspecified atom stereocenters. The molecule has 0 spiro atoms. The summed E-state index contributed by atoms with van der Waals surface area (Å²) >= 11 is 0. The quantitative estimate of drug-likeness (QED) is 0.827. The molecule has 0 saturated carbocycles. The molecule has 8 heteroatoms. The van der Waals surface area contributed by atoms with E-state index in [4.69, 9.17) is 5.11 Å². The van der Waals surface area contributed by atoms with Crippen LogP contribution in [0.3, 0.4) is 0 Å². The lowest BCUT2D eigenvalue weighted by Gasteiger charge is -2.15. The highest BCUT2D eigenvalue weighted by molar-refractivity contribution is 5.72. The Balaban J connectivity index is 2.46. The number of para-hydroxylation sites is 1. The Labute approximate surface area is 127 Å². The maximum absolute atomic E-state index is 12.4. The fourth-order valence-electron chi connectivity index (χ4n) is 1.98. The molecule has 0 aromatic heterocycles. The minimum Gasteiger partial charge on any atom is -0.434 e. The van der Waals surface area contributed by atoms with Crippen LogP contribution in [0.15, 0.2) is 42.5 Å². The van der Waals surface area contributed by atoms with Crippen LogP contribution >= 0.6 is 0 Å². The zero-order chi connectivity index (χ0) is 17.0. The van der Waals surface area contributed by atoms with Gasteiger partial charge in [-0.3, -0.25) is 0 Å². The summed E-state index contributed by atoms with van der Waals surface area (Å²) in [7, 11) is 0. The Hall–Kier alpha value is -2.35. The molecule has 2 rings (SSSR count). The Kier molecular flexibility index (Phi) is 5.05. The standard InChI is InChI=1S/C15H11F5O3/c16-14(17)22-13-7-9(5-6-10(13)8-21)11-3-1-2-4-12(11)23-15(18,19)20/h1-7,14,21H,8H2. The van der Waals surface area contributed by atoms with Gasteiger partial charge in [-0.05, 0) is 17.7 Å². The smallest absolute Gasteiger partial charge is 0.434 e. The van der Waals surface area contributed by atoms with Crippen molar-refractivity contribution in [3.05, 3.63) is 48.0 Å². The Morgan fingerprint density at radius 1 is 1.00 bits per heavy atom. The fraction of sp³-hybridized carbons (Fsp3) is 0.200. The van der Waals surface area contributed by atoms with E-state index in [-0.39, 0.29) is 22.4 Å². The summed E-state index contributed by atoms with van der Waals surface area (Å²) < 4.78 is 70.3. The molecule has 0 aliphatic carbocycles. The molecule has 0 fully saturated rings. The van der Waals surface area contributed by atoms with Gasteiger partial charge in [0.2, 0.25) is 0 Å². The van der Waals surface area contributed by atoms with Gasteiger partial charge in [-0.15, -0.1) is 13.2 Å². The van der Waals surface area contributed by atoms with E-state index in [1.165, 1.54) is 30.3 Å². The van der Waals surface area contributed by atoms with Gasteiger partial charge in [0.25, 0.3) is 0 Å². The molecule has 0 atom stereocenters. The largest absolute Gasteiger partial charge is 0.573 e. The second-order valence-corrected chi connectivity index (χ2v) is 4.40. The van der Waals surface area contributed by atoms with E-state index in [1.54, 1.807) is 0 Å². The summed E-state index contributed by atoms with van der Waals surface area (Å²) in [5.74, 6) is -0.790. The van der Waals surface area contributed by atoms with E-state index in [0.717, 1.165) is 12.1 Å². The van der Waals surface area contributed by atoms with E-state index < -0.39 is 25.3 Å². The van der Waals surface area contributed by atoms with Crippen LogP contribution in [-0.4, -0.2) is 18.1 Å². The lowest BCUT2D eigenvalue weighted by molar-refractivity contribution is -0.274. The average molecular weight is 334 g/mol. The molecule has 2 aromatic rings. The zero-order valence-electron chi connectivity index (χ0n) is 11.5. The second-order valence-electron chi connectivity index (χ2n) is 4.40. The summed E-state index contributed by atoms with van der Waals surface area (Å²) in [6.07, 6.45) is -4.89. The number of ether oxygens (including phenoxy) is 2. The van der Waals surface area contributed by atoms with E-state index in [9.17, 15) is 22.0 Å². The van der Waals surface area contributed by atoms with E-state index >= 15 is 0 Å². The molecule has 124 valence electrons. The number of halogens is 5. The van der Waals surface area contributed by atoms with E-state index in [2.05, 4.69) is 9.47 Å². The van der Waals surface area contributed by atoms with Gasteiger partial charge >= 0.3 is 13.0 Å². The molecular weight excluding hydrogens is 323 g/mol. The first-order valence-corrected chi connectivity index (χ1v) is 6.34. The highest BCUT2D eigenvalue weighted by atomic mass is 19.4. The van der Waals surface area contributed by atoms with Gasteiger partial charge in [0, 0.05) is 11.1 Å². The molecule has 2 aromatic carbocycles. The van der Waals surface area contributed by atoms with Crippen LogP contribution in [0.2, 0.25) is 0 Å². The summed E-state index contributed by atoms with van der Waals surface area (Å²) in [4.78, 5) is 0. The van der Waals surface area contributed by atoms with Crippen molar-refractivity contribution in [1.82, 2.24) is 0 Å². The number of aliphatic hydroxyl groups is 1. The molecule has 0 radical (unpaired) electrons. The SMILES string of the molecule is OCc1ccc(-c2ccccc2OC(F)(F)F)cc1OC(F)F. The third-order valence-electron chi connectivity index (χ3n) is 2.88. The third-order valence-corrected chi connectivity index (χ3v) is 2.88. The van der Waals surface area contributed by atoms with Crippen molar-refractivity contribution in [3.8, 4) is 22.6 Å². The fourth-order valence-corrected chi connectivity index (χ4v) is 1.98. The van der Waals surface area contributed by atoms with Crippen molar-refractivity contribution in [1.29, 1.82) is 0 Å².